The van der Waals surface area contributed by atoms with Crippen molar-refractivity contribution in [3.63, 3.8) is 0 Å². The fourth-order valence-corrected chi connectivity index (χ4v) is 5.93. The Hall–Kier alpha value is -6.01. The SMILES string of the molecule is Cc1c(Nc2nccc3cc(CN4CC[C@@H](O)C4)cnc23)cccc1-c1nccc(-c2nc3cc(C=O)cc(C#N)c3o2)c1C#N. The fourth-order valence-electron chi connectivity index (χ4n) is 5.93. The molecule has 1 fully saturated rings. The molecule has 11 nitrogen and oxygen atoms in total. The van der Waals surface area contributed by atoms with Crippen molar-refractivity contribution in [2.45, 2.75) is 26.0 Å². The maximum atomic E-state index is 11.4. The van der Waals surface area contributed by atoms with Crippen LogP contribution in [0.3, 0.4) is 0 Å². The molecular formula is C35H26N8O3. The van der Waals surface area contributed by atoms with Gasteiger partial charge in [0.05, 0.1) is 28.5 Å². The smallest absolute Gasteiger partial charge is 0.228 e. The summed E-state index contributed by atoms with van der Waals surface area (Å²) >= 11 is 0. The van der Waals surface area contributed by atoms with Gasteiger partial charge in [0.25, 0.3) is 0 Å². The Balaban J connectivity index is 1.23. The summed E-state index contributed by atoms with van der Waals surface area (Å²) in [4.78, 5) is 32.0. The number of aliphatic hydroxyl groups is 1. The molecule has 0 spiro atoms. The first-order valence-corrected chi connectivity index (χ1v) is 14.7. The monoisotopic (exact) mass is 606 g/mol. The van der Waals surface area contributed by atoms with Crippen LogP contribution in [-0.4, -0.2) is 55.4 Å². The highest BCUT2D eigenvalue weighted by molar-refractivity contribution is 5.92. The second-order valence-electron chi connectivity index (χ2n) is 11.2. The Labute approximate surface area is 263 Å². The minimum absolute atomic E-state index is 0.146. The first-order valence-electron chi connectivity index (χ1n) is 14.7. The number of pyridine rings is 3. The van der Waals surface area contributed by atoms with Gasteiger partial charge >= 0.3 is 0 Å². The summed E-state index contributed by atoms with van der Waals surface area (Å²) in [5, 5.41) is 34.1. The van der Waals surface area contributed by atoms with Crippen molar-refractivity contribution >= 4 is 39.8 Å². The predicted molar refractivity (Wildman–Crippen MR) is 171 cm³/mol. The first kappa shape index (κ1) is 28.7. The van der Waals surface area contributed by atoms with Crippen LogP contribution in [-0.2, 0) is 6.54 Å². The Kier molecular flexibility index (Phi) is 7.39. The number of benzene rings is 2. The van der Waals surface area contributed by atoms with E-state index in [4.69, 9.17) is 9.40 Å². The number of β-amino-alcohol motifs (C(OH)–C–C–N with tert-alkyl or cyclic N) is 1. The second-order valence-corrected chi connectivity index (χ2v) is 11.2. The van der Waals surface area contributed by atoms with E-state index in [1.165, 1.54) is 6.07 Å². The molecule has 4 aromatic heterocycles. The van der Waals surface area contributed by atoms with E-state index in [1.54, 1.807) is 24.5 Å². The number of carbonyl (C=O) groups excluding carboxylic acids is 1. The van der Waals surface area contributed by atoms with Gasteiger partial charge < -0.3 is 14.8 Å². The molecule has 46 heavy (non-hydrogen) atoms. The van der Waals surface area contributed by atoms with Gasteiger partial charge in [-0.05, 0) is 60.9 Å². The zero-order valence-corrected chi connectivity index (χ0v) is 24.7. The molecule has 7 rings (SSSR count). The van der Waals surface area contributed by atoms with E-state index in [9.17, 15) is 20.4 Å². The largest absolute Gasteiger partial charge is 0.435 e. The van der Waals surface area contributed by atoms with Crippen molar-refractivity contribution in [3.05, 3.63) is 94.9 Å². The number of hydrogen-bond acceptors (Lipinski definition) is 11. The van der Waals surface area contributed by atoms with E-state index in [2.05, 4.69) is 37.3 Å². The Morgan fingerprint density at radius 1 is 1.09 bits per heavy atom. The van der Waals surface area contributed by atoms with Crippen LogP contribution in [0.4, 0.5) is 11.5 Å². The topological polar surface area (TPSA) is 165 Å². The summed E-state index contributed by atoms with van der Waals surface area (Å²) in [6, 6.07) is 18.7. The molecule has 0 unspecified atom stereocenters. The highest BCUT2D eigenvalue weighted by atomic mass is 16.3. The van der Waals surface area contributed by atoms with Crippen LogP contribution >= 0.6 is 0 Å². The lowest BCUT2D eigenvalue weighted by Gasteiger charge is -2.16. The first-order chi connectivity index (χ1) is 22.4. The Morgan fingerprint density at radius 2 is 1.96 bits per heavy atom. The maximum Gasteiger partial charge on any atom is 0.228 e. The van der Waals surface area contributed by atoms with Crippen molar-refractivity contribution in [2.24, 2.45) is 0 Å². The number of anilines is 2. The third kappa shape index (κ3) is 5.20. The number of hydrogen-bond donors (Lipinski definition) is 2. The van der Waals surface area contributed by atoms with Gasteiger partial charge in [-0.1, -0.05) is 12.1 Å². The van der Waals surface area contributed by atoms with Crippen molar-refractivity contribution in [1.29, 1.82) is 10.5 Å². The number of oxazole rings is 1. The summed E-state index contributed by atoms with van der Waals surface area (Å²) in [7, 11) is 0. The van der Waals surface area contributed by atoms with Crippen molar-refractivity contribution in [3.8, 4) is 34.8 Å². The molecule has 6 aromatic rings. The van der Waals surface area contributed by atoms with Gasteiger partial charge in [-0.3, -0.25) is 19.7 Å². The standard InChI is InChI=1S/C35H26N8O3/c1-20-26(32-28(15-37)27(6-9-38-32)35-42-30-13-21(19-44)11-24(14-36)33(30)46-35)3-2-4-29(20)41-34-31-23(5-8-39-34)12-22(16-40-31)17-43-10-7-25(45)18-43/h2-6,8-9,11-13,16,19,25,45H,7,10,17-18H2,1H3,(H,39,41)/t25-/m1/s1. The quantitative estimate of drug-likeness (QED) is 0.215. The highest BCUT2D eigenvalue weighted by Crippen LogP contribution is 2.36. The van der Waals surface area contributed by atoms with Crippen LogP contribution in [0.15, 0.2) is 71.5 Å². The van der Waals surface area contributed by atoms with Crippen molar-refractivity contribution in [1.82, 2.24) is 24.8 Å². The average molecular weight is 607 g/mol. The summed E-state index contributed by atoms with van der Waals surface area (Å²) in [5.74, 6) is 0.741. The Bertz CT molecular complexity index is 2250. The summed E-state index contributed by atoms with van der Waals surface area (Å²) < 4.78 is 5.96. The molecule has 0 radical (unpaired) electrons. The van der Waals surface area contributed by atoms with E-state index in [1.807, 2.05) is 43.5 Å². The number of likely N-dealkylation sites (tertiary alicyclic amines) is 1. The molecule has 1 atom stereocenters. The van der Waals surface area contributed by atoms with Gasteiger partial charge in [-0.15, -0.1) is 0 Å². The van der Waals surface area contributed by atoms with Crippen LogP contribution in [0.5, 0.6) is 0 Å². The average Bonchev–Trinajstić information content (AvgIpc) is 3.70. The lowest BCUT2D eigenvalue weighted by molar-refractivity contribution is 0.112. The summed E-state index contributed by atoms with van der Waals surface area (Å²) in [5.41, 5.74) is 6.31. The second kappa shape index (κ2) is 11.8. The molecule has 1 saturated heterocycles. The number of aromatic nitrogens is 4. The van der Waals surface area contributed by atoms with Crippen LogP contribution in [0, 0.1) is 29.6 Å². The Morgan fingerprint density at radius 3 is 2.74 bits per heavy atom. The van der Waals surface area contributed by atoms with Crippen LogP contribution < -0.4 is 5.32 Å². The van der Waals surface area contributed by atoms with Gasteiger partial charge in [0.1, 0.15) is 29.5 Å². The van der Waals surface area contributed by atoms with E-state index in [0.29, 0.717) is 41.0 Å². The molecule has 224 valence electrons. The van der Waals surface area contributed by atoms with E-state index in [0.717, 1.165) is 52.8 Å². The number of aliphatic hydroxyl groups excluding tert-OH is 1. The third-order valence-electron chi connectivity index (χ3n) is 8.21. The van der Waals surface area contributed by atoms with Crippen molar-refractivity contribution < 1.29 is 14.3 Å². The number of nitrogens with zero attached hydrogens (tertiary/aromatic N) is 7. The number of nitrogens with one attached hydrogen (secondary N) is 1. The molecule has 2 N–H and O–H groups in total. The molecule has 5 heterocycles. The van der Waals surface area contributed by atoms with Crippen LogP contribution in [0.2, 0.25) is 0 Å². The molecule has 2 aromatic carbocycles. The molecule has 0 bridgehead atoms. The van der Waals surface area contributed by atoms with Gasteiger partial charge in [0.2, 0.25) is 5.89 Å². The van der Waals surface area contributed by atoms with E-state index < -0.39 is 0 Å². The predicted octanol–water partition coefficient (Wildman–Crippen LogP) is 5.67. The lowest BCUT2D eigenvalue weighted by atomic mass is 9.97. The number of nitriles is 2. The number of carbonyl (C=O) groups is 1. The molecule has 1 aliphatic heterocycles. The van der Waals surface area contributed by atoms with Gasteiger partial charge in [-0.2, -0.15) is 10.5 Å². The molecule has 11 heteroatoms. The van der Waals surface area contributed by atoms with Crippen LogP contribution in [0.25, 0.3) is 44.7 Å². The zero-order chi connectivity index (χ0) is 31.8. The lowest BCUT2D eigenvalue weighted by Crippen LogP contribution is -2.21. The maximum absolute atomic E-state index is 11.4. The summed E-state index contributed by atoms with van der Waals surface area (Å²) in [6.45, 7) is 4.19. The minimum Gasteiger partial charge on any atom is -0.435 e. The number of rotatable bonds is 7. The minimum atomic E-state index is -0.272. The fraction of sp³-hybridized carbons (Fsp3) is 0.171. The van der Waals surface area contributed by atoms with Gasteiger partial charge in [0.15, 0.2) is 11.4 Å². The van der Waals surface area contributed by atoms with Crippen molar-refractivity contribution in [2.75, 3.05) is 18.4 Å². The highest BCUT2D eigenvalue weighted by Gasteiger charge is 2.22. The summed E-state index contributed by atoms with van der Waals surface area (Å²) in [6.07, 6.45) is 6.33. The van der Waals surface area contributed by atoms with Gasteiger partial charge in [0, 0.05) is 60.4 Å². The number of fused-ring (bicyclic) bond motifs is 2. The van der Waals surface area contributed by atoms with E-state index >= 15 is 0 Å². The molecule has 1 aliphatic rings. The zero-order valence-electron chi connectivity index (χ0n) is 24.7. The van der Waals surface area contributed by atoms with Gasteiger partial charge in [-0.25, -0.2) is 9.97 Å². The molecule has 0 amide bonds. The molecular weight excluding hydrogens is 580 g/mol. The molecule has 0 saturated carbocycles. The third-order valence-corrected chi connectivity index (χ3v) is 8.21. The van der Waals surface area contributed by atoms with Crippen LogP contribution in [0.1, 0.15) is 39.0 Å². The normalized spacial score (nSPS) is 14.7. The number of aldehydes is 1. The van der Waals surface area contributed by atoms with E-state index in [-0.39, 0.29) is 28.7 Å². The molecule has 0 aliphatic carbocycles.